The van der Waals surface area contributed by atoms with E-state index in [2.05, 4.69) is 0 Å². The minimum atomic E-state index is -0.835. The second-order valence-electron chi connectivity index (χ2n) is 5.62. The van der Waals surface area contributed by atoms with Crippen molar-refractivity contribution < 1.29 is 14.7 Å². The van der Waals surface area contributed by atoms with Crippen LogP contribution in [-0.2, 0) is 16.1 Å². The fourth-order valence-corrected chi connectivity index (χ4v) is 3.47. The predicted octanol–water partition coefficient (Wildman–Crippen LogP) is 1.18. The number of thiazole rings is 1. The molecule has 2 atom stereocenters. The quantitative estimate of drug-likeness (QED) is 0.885. The molecule has 1 aromatic rings. The van der Waals surface area contributed by atoms with Crippen molar-refractivity contribution in [2.75, 3.05) is 13.1 Å². The van der Waals surface area contributed by atoms with Crippen LogP contribution >= 0.6 is 11.3 Å². The van der Waals surface area contributed by atoms with Gasteiger partial charge in [0, 0.05) is 37.1 Å². The monoisotopic (exact) mass is 312 g/mol. The predicted molar refractivity (Wildman–Crippen MR) is 79.4 cm³/mol. The van der Waals surface area contributed by atoms with Crippen molar-refractivity contribution in [1.82, 2.24) is 9.47 Å². The van der Waals surface area contributed by atoms with E-state index in [1.807, 2.05) is 19.2 Å². The molecule has 0 spiro atoms. The minimum absolute atomic E-state index is 0.000634. The summed E-state index contributed by atoms with van der Waals surface area (Å²) < 4.78 is 1.67. The van der Waals surface area contributed by atoms with Crippen LogP contribution in [0.15, 0.2) is 10.2 Å². The molecule has 2 rings (SSSR count). The fraction of sp³-hybridized carbons (Fsp3) is 0.643. The van der Waals surface area contributed by atoms with Gasteiger partial charge in [0.1, 0.15) is 0 Å². The van der Waals surface area contributed by atoms with E-state index in [1.165, 1.54) is 11.3 Å². The Labute approximate surface area is 127 Å². The van der Waals surface area contributed by atoms with Crippen molar-refractivity contribution in [3.63, 3.8) is 0 Å². The highest BCUT2D eigenvalue weighted by molar-refractivity contribution is 7.07. The van der Waals surface area contributed by atoms with Gasteiger partial charge >= 0.3 is 10.8 Å². The highest BCUT2D eigenvalue weighted by Gasteiger charge is 2.36. The molecule has 6 nitrogen and oxygen atoms in total. The summed E-state index contributed by atoms with van der Waals surface area (Å²) in [7, 11) is 0. The number of nitrogens with zero attached hydrogens (tertiary/aromatic N) is 2. The van der Waals surface area contributed by atoms with Crippen molar-refractivity contribution in [2.24, 2.45) is 11.8 Å². The highest BCUT2D eigenvalue weighted by atomic mass is 32.1. The van der Waals surface area contributed by atoms with Gasteiger partial charge in [0.05, 0.1) is 5.92 Å². The first-order chi connectivity index (χ1) is 9.90. The summed E-state index contributed by atoms with van der Waals surface area (Å²) in [6, 6.07) is 0. The number of hydrogen-bond donors (Lipinski definition) is 1. The Balaban J connectivity index is 1.83. The first-order valence-electron chi connectivity index (χ1n) is 7.05. The number of rotatable bonds is 5. The van der Waals surface area contributed by atoms with Crippen LogP contribution in [0.1, 0.15) is 25.5 Å². The molecule has 1 aromatic heterocycles. The third-order valence-corrected chi connectivity index (χ3v) is 4.91. The molecule has 0 bridgehead atoms. The summed E-state index contributed by atoms with van der Waals surface area (Å²) in [4.78, 5) is 36.3. The number of carboxylic acid groups (broad SMARTS) is 1. The molecular formula is C14H20N2O4S. The molecular weight excluding hydrogens is 292 g/mol. The number of carbonyl (C=O) groups is 2. The van der Waals surface area contributed by atoms with Crippen LogP contribution in [0.4, 0.5) is 0 Å². The molecule has 0 saturated carbocycles. The van der Waals surface area contributed by atoms with Crippen molar-refractivity contribution in [2.45, 2.75) is 33.2 Å². The molecule has 2 heterocycles. The number of carboxylic acids is 1. The fourth-order valence-electron chi connectivity index (χ4n) is 2.71. The third-order valence-electron chi connectivity index (χ3n) is 4.03. The van der Waals surface area contributed by atoms with Gasteiger partial charge in [0.25, 0.3) is 0 Å². The number of aryl methyl sites for hydroxylation is 1. The van der Waals surface area contributed by atoms with Gasteiger partial charge in [-0.05, 0) is 19.3 Å². The van der Waals surface area contributed by atoms with Gasteiger partial charge in [0.2, 0.25) is 5.91 Å². The molecule has 21 heavy (non-hydrogen) atoms. The maximum atomic E-state index is 12.1. The number of carbonyl (C=O) groups excluding carboxylic acids is 1. The van der Waals surface area contributed by atoms with Crippen molar-refractivity contribution >= 4 is 23.2 Å². The second kappa shape index (κ2) is 6.43. The summed E-state index contributed by atoms with van der Waals surface area (Å²) in [5.74, 6) is -1.33. The molecule has 2 unspecified atom stereocenters. The van der Waals surface area contributed by atoms with Gasteiger partial charge in [-0.1, -0.05) is 18.3 Å². The van der Waals surface area contributed by atoms with E-state index in [0.29, 0.717) is 32.5 Å². The molecule has 1 amide bonds. The van der Waals surface area contributed by atoms with Crippen LogP contribution in [0, 0.1) is 18.8 Å². The van der Waals surface area contributed by atoms with Crippen LogP contribution in [0.3, 0.4) is 0 Å². The van der Waals surface area contributed by atoms with E-state index in [9.17, 15) is 14.4 Å². The Morgan fingerprint density at radius 2 is 2.14 bits per heavy atom. The van der Waals surface area contributed by atoms with E-state index in [4.69, 9.17) is 5.11 Å². The lowest BCUT2D eigenvalue weighted by atomic mass is 9.99. The SMILES string of the molecule is Cc1csc(=O)n1CCCC(=O)N1CC(C)C(C(=O)O)C1. The maximum Gasteiger partial charge on any atom is 0.308 e. The lowest BCUT2D eigenvalue weighted by Crippen LogP contribution is -2.30. The second-order valence-corrected chi connectivity index (χ2v) is 6.44. The first kappa shape index (κ1) is 15.8. The number of likely N-dealkylation sites (tertiary alicyclic amines) is 1. The molecule has 0 aromatic carbocycles. The molecule has 1 fully saturated rings. The Morgan fingerprint density at radius 1 is 1.43 bits per heavy atom. The number of hydrogen-bond acceptors (Lipinski definition) is 4. The molecule has 116 valence electrons. The van der Waals surface area contributed by atoms with Crippen LogP contribution in [0.25, 0.3) is 0 Å². The van der Waals surface area contributed by atoms with Gasteiger partial charge in [-0.25, -0.2) is 0 Å². The minimum Gasteiger partial charge on any atom is -0.481 e. The Bertz CT molecular complexity index is 592. The number of aromatic nitrogens is 1. The highest BCUT2D eigenvalue weighted by Crippen LogP contribution is 2.23. The maximum absolute atomic E-state index is 12.1. The Morgan fingerprint density at radius 3 is 2.67 bits per heavy atom. The normalized spacial score (nSPS) is 21.7. The summed E-state index contributed by atoms with van der Waals surface area (Å²) in [6.45, 7) is 5.07. The molecule has 1 aliphatic heterocycles. The molecule has 0 aliphatic carbocycles. The van der Waals surface area contributed by atoms with E-state index in [0.717, 1.165) is 5.69 Å². The number of amides is 1. The van der Waals surface area contributed by atoms with Crippen molar-refractivity contribution in [3.05, 3.63) is 20.7 Å². The van der Waals surface area contributed by atoms with Gasteiger partial charge in [-0.2, -0.15) is 0 Å². The molecule has 1 N–H and O–H groups in total. The zero-order valence-electron chi connectivity index (χ0n) is 12.2. The van der Waals surface area contributed by atoms with Crippen molar-refractivity contribution in [1.29, 1.82) is 0 Å². The van der Waals surface area contributed by atoms with Crippen LogP contribution in [0.5, 0.6) is 0 Å². The lowest BCUT2D eigenvalue weighted by molar-refractivity contribution is -0.142. The molecule has 0 radical (unpaired) electrons. The summed E-state index contributed by atoms with van der Waals surface area (Å²) in [5.41, 5.74) is 0.915. The average molecular weight is 312 g/mol. The van der Waals surface area contributed by atoms with E-state index in [1.54, 1.807) is 9.47 Å². The first-order valence-corrected chi connectivity index (χ1v) is 7.93. The average Bonchev–Trinajstić information content (AvgIpc) is 2.95. The Kier molecular flexibility index (Phi) is 4.82. The van der Waals surface area contributed by atoms with Crippen LogP contribution < -0.4 is 4.87 Å². The Hall–Kier alpha value is -1.63. The topological polar surface area (TPSA) is 79.6 Å². The molecule has 7 heteroatoms. The largest absolute Gasteiger partial charge is 0.481 e. The lowest BCUT2D eigenvalue weighted by Gasteiger charge is -2.16. The van der Waals surface area contributed by atoms with Gasteiger partial charge in [-0.15, -0.1) is 0 Å². The van der Waals surface area contributed by atoms with Crippen LogP contribution in [0.2, 0.25) is 0 Å². The zero-order chi connectivity index (χ0) is 15.6. The smallest absolute Gasteiger partial charge is 0.308 e. The van der Waals surface area contributed by atoms with Gasteiger partial charge < -0.3 is 14.6 Å². The standard InChI is InChI=1S/C14H20N2O4S/c1-9-6-15(7-11(9)13(18)19)12(17)4-3-5-16-10(2)8-21-14(16)20/h8-9,11H,3-7H2,1-2H3,(H,18,19). The summed E-state index contributed by atoms with van der Waals surface area (Å²) in [6.07, 6.45) is 0.944. The molecule has 1 aliphatic rings. The van der Waals surface area contributed by atoms with E-state index in [-0.39, 0.29) is 16.7 Å². The van der Waals surface area contributed by atoms with Crippen molar-refractivity contribution in [3.8, 4) is 0 Å². The summed E-state index contributed by atoms with van der Waals surface area (Å²) in [5, 5.41) is 10.9. The van der Waals surface area contributed by atoms with E-state index < -0.39 is 11.9 Å². The van der Waals surface area contributed by atoms with Gasteiger partial charge in [0.15, 0.2) is 0 Å². The van der Waals surface area contributed by atoms with E-state index >= 15 is 0 Å². The summed E-state index contributed by atoms with van der Waals surface area (Å²) >= 11 is 1.17. The third kappa shape index (κ3) is 3.53. The number of aliphatic carboxylic acids is 1. The van der Waals surface area contributed by atoms with Crippen LogP contribution in [-0.4, -0.2) is 39.5 Å². The molecule has 1 saturated heterocycles. The van der Waals surface area contributed by atoms with Gasteiger partial charge in [-0.3, -0.25) is 14.4 Å². The zero-order valence-corrected chi connectivity index (χ0v) is 13.1.